The Morgan fingerprint density at radius 3 is 2.81 bits per heavy atom. The number of carbonyl (C=O) groups excluding carboxylic acids is 2. The molecule has 1 unspecified atom stereocenters. The standard InChI is InChI=1S/C11H15N3O2/c12-6-5-11(3-4-11)7-13-8-1-2-9(15)14-10(8)16/h8,13H,1-5,7H2,(H,14,15,16). The van der Waals surface area contributed by atoms with Crippen LogP contribution >= 0.6 is 0 Å². The lowest BCUT2D eigenvalue weighted by Crippen LogP contribution is -2.51. The number of carbonyl (C=O) groups is 2. The first kappa shape index (κ1) is 11.1. The number of nitrogens with zero attached hydrogens (tertiary/aromatic N) is 1. The summed E-state index contributed by atoms with van der Waals surface area (Å²) in [7, 11) is 0. The molecule has 0 aromatic carbocycles. The minimum absolute atomic E-state index is 0.0937. The molecule has 1 aliphatic heterocycles. The van der Waals surface area contributed by atoms with Crippen LogP contribution in [0.5, 0.6) is 0 Å². The summed E-state index contributed by atoms with van der Waals surface area (Å²) in [6.07, 6.45) is 3.62. The highest BCUT2D eigenvalue weighted by Crippen LogP contribution is 2.47. The monoisotopic (exact) mass is 221 g/mol. The molecule has 2 aliphatic rings. The van der Waals surface area contributed by atoms with Gasteiger partial charge < -0.3 is 5.32 Å². The molecule has 1 heterocycles. The third-order valence-electron chi connectivity index (χ3n) is 3.37. The molecule has 0 radical (unpaired) electrons. The van der Waals surface area contributed by atoms with Crippen molar-refractivity contribution >= 4 is 11.8 Å². The Labute approximate surface area is 94.2 Å². The molecule has 2 rings (SSSR count). The summed E-state index contributed by atoms with van der Waals surface area (Å²) in [6, 6.07) is 1.91. The smallest absolute Gasteiger partial charge is 0.243 e. The molecule has 1 saturated heterocycles. The summed E-state index contributed by atoms with van der Waals surface area (Å²) >= 11 is 0. The van der Waals surface area contributed by atoms with Gasteiger partial charge in [0.1, 0.15) is 0 Å². The summed E-state index contributed by atoms with van der Waals surface area (Å²) in [5, 5.41) is 14.1. The molecule has 2 amide bonds. The van der Waals surface area contributed by atoms with Crippen molar-refractivity contribution in [1.82, 2.24) is 10.6 Å². The lowest BCUT2D eigenvalue weighted by atomic mass is 10.0. The van der Waals surface area contributed by atoms with Crippen LogP contribution in [0.15, 0.2) is 0 Å². The average Bonchev–Trinajstić information content (AvgIpc) is 2.98. The largest absolute Gasteiger partial charge is 0.305 e. The predicted molar refractivity (Wildman–Crippen MR) is 56.1 cm³/mol. The lowest BCUT2D eigenvalue weighted by Gasteiger charge is -2.23. The zero-order chi connectivity index (χ0) is 11.6. The van der Waals surface area contributed by atoms with Gasteiger partial charge in [0, 0.05) is 19.4 Å². The van der Waals surface area contributed by atoms with Crippen molar-refractivity contribution < 1.29 is 9.59 Å². The van der Waals surface area contributed by atoms with E-state index in [0.29, 0.717) is 25.8 Å². The van der Waals surface area contributed by atoms with Crippen LogP contribution in [-0.4, -0.2) is 24.4 Å². The van der Waals surface area contributed by atoms with Crippen LogP contribution < -0.4 is 10.6 Å². The van der Waals surface area contributed by atoms with Crippen molar-refractivity contribution in [2.45, 2.75) is 38.1 Å². The molecule has 0 spiro atoms. The first-order chi connectivity index (χ1) is 7.65. The zero-order valence-corrected chi connectivity index (χ0v) is 9.08. The summed E-state index contributed by atoms with van der Waals surface area (Å²) < 4.78 is 0. The van der Waals surface area contributed by atoms with Crippen LogP contribution in [-0.2, 0) is 9.59 Å². The Bertz CT molecular complexity index is 355. The summed E-state index contributed by atoms with van der Waals surface area (Å²) in [5.74, 6) is -0.426. The maximum Gasteiger partial charge on any atom is 0.243 e. The molecule has 1 saturated carbocycles. The predicted octanol–water partition coefficient (Wildman–Crippen LogP) is 0.0751. The van der Waals surface area contributed by atoms with Gasteiger partial charge in [-0.1, -0.05) is 0 Å². The van der Waals surface area contributed by atoms with Gasteiger partial charge in [-0.15, -0.1) is 0 Å². The van der Waals surface area contributed by atoms with E-state index in [0.717, 1.165) is 12.8 Å². The fraction of sp³-hybridized carbons (Fsp3) is 0.727. The van der Waals surface area contributed by atoms with Crippen molar-refractivity contribution in [2.75, 3.05) is 6.54 Å². The van der Waals surface area contributed by atoms with E-state index in [9.17, 15) is 9.59 Å². The highest BCUT2D eigenvalue weighted by atomic mass is 16.2. The quantitative estimate of drug-likeness (QED) is 0.658. The number of hydrogen-bond acceptors (Lipinski definition) is 4. The fourth-order valence-electron chi connectivity index (χ4n) is 1.99. The number of nitrogens with one attached hydrogen (secondary N) is 2. The van der Waals surface area contributed by atoms with Crippen LogP contribution in [0.2, 0.25) is 0 Å². The van der Waals surface area contributed by atoms with Gasteiger partial charge in [0.25, 0.3) is 0 Å². The van der Waals surface area contributed by atoms with Crippen molar-refractivity contribution in [3.8, 4) is 6.07 Å². The Morgan fingerprint density at radius 2 is 2.25 bits per heavy atom. The molecule has 0 bridgehead atoms. The highest BCUT2D eigenvalue weighted by Gasteiger charge is 2.43. The second kappa shape index (κ2) is 4.22. The Hall–Kier alpha value is -1.41. The maximum absolute atomic E-state index is 11.4. The maximum atomic E-state index is 11.4. The average molecular weight is 221 g/mol. The number of piperidine rings is 1. The molecule has 2 fully saturated rings. The van der Waals surface area contributed by atoms with E-state index in [2.05, 4.69) is 16.7 Å². The van der Waals surface area contributed by atoms with E-state index in [4.69, 9.17) is 5.26 Å². The van der Waals surface area contributed by atoms with Crippen molar-refractivity contribution in [3.63, 3.8) is 0 Å². The molecular formula is C11H15N3O2. The minimum Gasteiger partial charge on any atom is -0.305 e. The second-order valence-corrected chi connectivity index (χ2v) is 4.72. The SMILES string of the molecule is N#CCC1(CNC2CCC(=O)NC2=O)CC1. The second-order valence-electron chi connectivity index (χ2n) is 4.72. The Kier molecular flexibility index (Phi) is 2.92. The van der Waals surface area contributed by atoms with Crippen LogP contribution in [0.4, 0.5) is 0 Å². The zero-order valence-electron chi connectivity index (χ0n) is 9.08. The van der Waals surface area contributed by atoms with Crippen molar-refractivity contribution in [1.29, 1.82) is 5.26 Å². The Morgan fingerprint density at radius 1 is 1.50 bits per heavy atom. The molecule has 16 heavy (non-hydrogen) atoms. The first-order valence-corrected chi connectivity index (χ1v) is 5.59. The number of hydrogen-bond donors (Lipinski definition) is 2. The van der Waals surface area contributed by atoms with Gasteiger partial charge in [-0.05, 0) is 24.7 Å². The third kappa shape index (κ3) is 2.39. The van der Waals surface area contributed by atoms with Crippen molar-refractivity contribution in [3.05, 3.63) is 0 Å². The topological polar surface area (TPSA) is 82.0 Å². The van der Waals surface area contributed by atoms with E-state index in [1.54, 1.807) is 0 Å². The van der Waals surface area contributed by atoms with Gasteiger partial charge in [-0.2, -0.15) is 5.26 Å². The number of rotatable bonds is 4. The van der Waals surface area contributed by atoms with E-state index in [-0.39, 0.29) is 23.3 Å². The van der Waals surface area contributed by atoms with Gasteiger partial charge in [0.05, 0.1) is 12.1 Å². The molecule has 0 aromatic rings. The Balaban J connectivity index is 1.80. The van der Waals surface area contributed by atoms with Crippen LogP contribution in [0, 0.1) is 16.7 Å². The lowest BCUT2D eigenvalue weighted by molar-refractivity contribution is -0.134. The minimum atomic E-state index is -0.270. The van der Waals surface area contributed by atoms with Crippen LogP contribution in [0.1, 0.15) is 32.1 Å². The van der Waals surface area contributed by atoms with Gasteiger partial charge in [0.2, 0.25) is 11.8 Å². The van der Waals surface area contributed by atoms with Gasteiger partial charge in [-0.3, -0.25) is 14.9 Å². The highest BCUT2D eigenvalue weighted by molar-refractivity contribution is 6.00. The molecule has 5 nitrogen and oxygen atoms in total. The molecular weight excluding hydrogens is 206 g/mol. The number of amides is 2. The van der Waals surface area contributed by atoms with E-state index < -0.39 is 0 Å². The van der Waals surface area contributed by atoms with Crippen LogP contribution in [0.25, 0.3) is 0 Å². The molecule has 0 aromatic heterocycles. The molecule has 86 valence electrons. The van der Waals surface area contributed by atoms with Crippen LogP contribution in [0.3, 0.4) is 0 Å². The van der Waals surface area contributed by atoms with E-state index in [1.165, 1.54) is 0 Å². The molecule has 2 N–H and O–H groups in total. The van der Waals surface area contributed by atoms with Gasteiger partial charge in [0.15, 0.2) is 0 Å². The normalized spacial score (nSPS) is 27.1. The third-order valence-corrected chi connectivity index (χ3v) is 3.37. The van der Waals surface area contributed by atoms with Gasteiger partial charge >= 0.3 is 0 Å². The molecule has 1 atom stereocenters. The first-order valence-electron chi connectivity index (χ1n) is 5.59. The summed E-state index contributed by atoms with van der Waals surface area (Å²) in [4.78, 5) is 22.4. The molecule has 5 heteroatoms. The van der Waals surface area contributed by atoms with Crippen molar-refractivity contribution in [2.24, 2.45) is 5.41 Å². The summed E-state index contributed by atoms with van der Waals surface area (Å²) in [6.45, 7) is 0.701. The van der Waals surface area contributed by atoms with E-state index in [1.807, 2.05) is 0 Å². The number of nitriles is 1. The van der Waals surface area contributed by atoms with E-state index >= 15 is 0 Å². The fourth-order valence-corrected chi connectivity index (χ4v) is 1.99. The van der Waals surface area contributed by atoms with Gasteiger partial charge in [-0.25, -0.2) is 0 Å². The summed E-state index contributed by atoms with van der Waals surface area (Å²) in [5.41, 5.74) is 0.0937. The number of imide groups is 1. The molecule has 1 aliphatic carbocycles.